The molecule has 2 aromatic rings. The molecule has 0 aliphatic carbocycles. The Kier molecular flexibility index (Phi) is 5.11. The van der Waals surface area contributed by atoms with Crippen molar-refractivity contribution in [3.63, 3.8) is 0 Å². The minimum Gasteiger partial charge on any atom is -0.491 e. The molecule has 1 heterocycles. The Balaban J connectivity index is 1.92. The molecule has 1 N–H and O–H groups in total. The van der Waals surface area contributed by atoms with Crippen LogP contribution in [0.3, 0.4) is 0 Å². The number of hydrogen-bond acceptors (Lipinski definition) is 5. The van der Waals surface area contributed by atoms with Gasteiger partial charge in [-0.25, -0.2) is 0 Å². The molecule has 0 spiro atoms. The first-order chi connectivity index (χ1) is 10.5. The van der Waals surface area contributed by atoms with E-state index in [0.717, 1.165) is 11.3 Å². The molecule has 7 nitrogen and oxygen atoms in total. The highest BCUT2D eigenvalue weighted by Crippen LogP contribution is 2.25. The highest BCUT2D eigenvalue weighted by atomic mass is 16.6. The Morgan fingerprint density at radius 1 is 1.36 bits per heavy atom. The maximum absolute atomic E-state index is 10.6. The van der Waals surface area contributed by atoms with E-state index in [1.54, 1.807) is 0 Å². The summed E-state index contributed by atoms with van der Waals surface area (Å²) in [6.07, 6.45) is 0.656. The summed E-state index contributed by atoms with van der Waals surface area (Å²) in [5.74, 6) is 0.823. The van der Waals surface area contributed by atoms with Crippen molar-refractivity contribution >= 4 is 5.82 Å². The molecule has 0 bridgehead atoms. The van der Waals surface area contributed by atoms with E-state index in [-0.39, 0.29) is 19.0 Å². The molecule has 0 aliphatic heterocycles. The van der Waals surface area contributed by atoms with Gasteiger partial charge in [0.1, 0.15) is 18.5 Å². The van der Waals surface area contributed by atoms with Gasteiger partial charge in [-0.3, -0.25) is 0 Å². The number of nitro groups is 1. The monoisotopic (exact) mass is 305 g/mol. The smallest absolute Gasteiger partial charge is 0.389 e. The molecule has 0 amide bonds. The van der Waals surface area contributed by atoms with E-state index >= 15 is 0 Å². The second kappa shape index (κ2) is 7.04. The molecule has 1 aromatic heterocycles. The minimum atomic E-state index is -0.806. The van der Waals surface area contributed by atoms with Crippen molar-refractivity contribution in [1.29, 1.82) is 0 Å². The fourth-order valence-corrected chi connectivity index (χ4v) is 2.09. The Morgan fingerprint density at radius 3 is 2.73 bits per heavy atom. The number of aliphatic hydroxyl groups excluding tert-OH is 1. The minimum absolute atomic E-state index is 0.0946. The first kappa shape index (κ1) is 16.0. The van der Waals surface area contributed by atoms with Gasteiger partial charge < -0.3 is 20.0 Å². The number of nitrogens with zero attached hydrogens (tertiary/aromatic N) is 3. The number of benzene rings is 1. The molecule has 1 unspecified atom stereocenters. The van der Waals surface area contributed by atoms with Gasteiger partial charge in [0.2, 0.25) is 0 Å². The summed E-state index contributed by atoms with van der Waals surface area (Å²) in [6.45, 7) is 4.37. The Hall–Kier alpha value is -2.41. The summed E-state index contributed by atoms with van der Waals surface area (Å²) in [5.41, 5.74) is 1.07. The quantitative estimate of drug-likeness (QED) is 0.626. The van der Waals surface area contributed by atoms with E-state index < -0.39 is 11.0 Å². The molecule has 0 radical (unpaired) electrons. The van der Waals surface area contributed by atoms with Crippen molar-refractivity contribution in [3.05, 3.63) is 52.2 Å². The van der Waals surface area contributed by atoms with E-state index in [1.165, 1.54) is 16.9 Å². The summed E-state index contributed by atoms with van der Waals surface area (Å²) in [4.78, 5) is 9.98. The zero-order chi connectivity index (χ0) is 16.1. The summed E-state index contributed by atoms with van der Waals surface area (Å²) < 4.78 is 7.00. The van der Waals surface area contributed by atoms with E-state index in [0.29, 0.717) is 5.92 Å². The van der Waals surface area contributed by atoms with Gasteiger partial charge in [-0.1, -0.05) is 32.0 Å². The average molecular weight is 305 g/mol. The van der Waals surface area contributed by atoms with Crippen LogP contribution in [0.4, 0.5) is 5.82 Å². The summed E-state index contributed by atoms with van der Waals surface area (Å²) in [7, 11) is 0. The maximum atomic E-state index is 10.6. The number of ether oxygens (including phenoxy) is 1. The van der Waals surface area contributed by atoms with E-state index in [9.17, 15) is 15.2 Å². The van der Waals surface area contributed by atoms with Crippen molar-refractivity contribution < 1.29 is 14.8 Å². The van der Waals surface area contributed by atoms with E-state index in [4.69, 9.17) is 4.74 Å². The van der Waals surface area contributed by atoms with Crippen molar-refractivity contribution in [2.24, 2.45) is 0 Å². The van der Waals surface area contributed by atoms with Crippen LogP contribution in [0, 0.1) is 10.1 Å². The molecule has 0 saturated heterocycles. The van der Waals surface area contributed by atoms with Crippen LogP contribution in [0.15, 0.2) is 36.5 Å². The van der Waals surface area contributed by atoms with Crippen LogP contribution in [0.5, 0.6) is 5.75 Å². The first-order valence-corrected chi connectivity index (χ1v) is 7.05. The van der Waals surface area contributed by atoms with Gasteiger partial charge in [0.25, 0.3) is 0 Å². The molecular weight excluding hydrogens is 286 g/mol. The van der Waals surface area contributed by atoms with Gasteiger partial charge in [0.15, 0.2) is 0 Å². The lowest BCUT2D eigenvalue weighted by Crippen LogP contribution is -2.24. The van der Waals surface area contributed by atoms with Crippen LogP contribution in [0.2, 0.25) is 0 Å². The lowest BCUT2D eigenvalue weighted by Gasteiger charge is -2.16. The topological polar surface area (TPSA) is 90.4 Å². The zero-order valence-corrected chi connectivity index (χ0v) is 12.5. The molecule has 1 aromatic carbocycles. The van der Waals surface area contributed by atoms with Gasteiger partial charge in [-0.2, -0.15) is 4.68 Å². The van der Waals surface area contributed by atoms with Crippen molar-refractivity contribution in [1.82, 2.24) is 9.78 Å². The van der Waals surface area contributed by atoms with Crippen LogP contribution in [0.25, 0.3) is 0 Å². The van der Waals surface area contributed by atoms with Gasteiger partial charge in [-0.05, 0) is 22.5 Å². The van der Waals surface area contributed by atoms with E-state index in [2.05, 4.69) is 18.9 Å². The number of hydrogen-bond donors (Lipinski definition) is 1. The van der Waals surface area contributed by atoms with Crippen molar-refractivity contribution in [3.8, 4) is 5.75 Å². The molecule has 118 valence electrons. The fourth-order valence-electron chi connectivity index (χ4n) is 2.09. The lowest BCUT2D eigenvalue weighted by molar-refractivity contribution is -0.389. The summed E-state index contributed by atoms with van der Waals surface area (Å²) in [5, 5.41) is 24.3. The summed E-state index contributed by atoms with van der Waals surface area (Å²) >= 11 is 0. The predicted octanol–water partition coefficient (Wildman–Crippen LogP) is 2.35. The molecule has 0 aliphatic rings. The third kappa shape index (κ3) is 4.05. The molecule has 0 saturated carbocycles. The average Bonchev–Trinajstić information content (AvgIpc) is 2.94. The van der Waals surface area contributed by atoms with Crippen LogP contribution >= 0.6 is 0 Å². The normalized spacial score (nSPS) is 12.4. The summed E-state index contributed by atoms with van der Waals surface area (Å²) in [6, 6.07) is 8.97. The van der Waals surface area contributed by atoms with Crippen molar-refractivity contribution in [2.75, 3.05) is 6.61 Å². The van der Waals surface area contributed by atoms with Gasteiger partial charge in [0.05, 0.1) is 23.9 Å². The maximum Gasteiger partial charge on any atom is 0.389 e. The molecule has 22 heavy (non-hydrogen) atoms. The van der Waals surface area contributed by atoms with Crippen LogP contribution in [-0.4, -0.2) is 32.5 Å². The third-order valence-corrected chi connectivity index (χ3v) is 3.18. The number of para-hydroxylation sites is 1. The largest absolute Gasteiger partial charge is 0.491 e. The second-order valence-corrected chi connectivity index (χ2v) is 5.31. The van der Waals surface area contributed by atoms with E-state index in [1.807, 2.05) is 24.3 Å². The number of aliphatic hydroxyl groups is 1. The lowest BCUT2D eigenvalue weighted by atomic mass is 10.0. The Morgan fingerprint density at radius 2 is 2.09 bits per heavy atom. The van der Waals surface area contributed by atoms with Gasteiger partial charge in [-0.15, -0.1) is 0 Å². The third-order valence-electron chi connectivity index (χ3n) is 3.18. The molecule has 2 rings (SSSR count). The molecule has 0 fully saturated rings. The second-order valence-electron chi connectivity index (χ2n) is 5.31. The standard InChI is InChI=1S/C15H19N3O4/c1-11(2)13-5-3-4-6-14(13)22-10-12(19)9-17-8-7-15(16-17)18(20)21/h3-8,11-12,19H,9-10H2,1-2H3. The van der Waals surface area contributed by atoms with Gasteiger partial charge >= 0.3 is 5.82 Å². The number of rotatable bonds is 7. The van der Waals surface area contributed by atoms with Crippen LogP contribution in [-0.2, 0) is 6.54 Å². The SMILES string of the molecule is CC(C)c1ccccc1OCC(O)Cn1ccc([N+](=O)[O-])n1. The first-order valence-electron chi connectivity index (χ1n) is 7.05. The predicted molar refractivity (Wildman–Crippen MR) is 80.9 cm³/mol. The van der Waals surface area contributed by atoms with Crippen LogP contribution in [0.1, 0.15) is 25.3 Å². The fraction of sp³-hybridized carbons (Fsp3) is 0.400. The van der Waals surface area contributed by atoms with Crippen LogP contribution < -0.4 is 4.74 Å². The Bertz CT molecular complexity index is 639. The molecular formula is C15H19N3O4. The highest BCUT2D eigenvalue weighted by molar-refractivity contribution is 5.35. The molecule has 7 heteroatoms. The van der Waals surface area contributed by atoms with Crippen molar-refractivity contribution in [2.45, 2.75) is 32.4 Å². The van der Waals surface area contributed by atoms with Gasteiger partial charge in [0, 0.05) is 0 Å². The molecule has 1 atom stereocenters. The number of aromatic nitrogens is 2. The zero-order valence-electron chi connectivity index (χ0n) is 12.5. The Labute approximate surface area is 128 Å². The highest BCUT2D eigenvalue weighted by Gasteiger charge is 2.15.